The number of carbonyl (C=O) groups is 3. The minimum atomic E-state index is -0.468. The summed E-state index contributed by atoms with van der Waals surface area (Å²) in [5.74, 6) is -0.107. The van der Waals surface area contributed by atoms with Crippen molar-refractivity contribution in [1.82, 2.24) is 15.3 Å². The van der Waals surface area contributed by atoms with Gasteiger partial charge in [0.15, 0.2) is 0 Å². The van der Waals surface area contributed by atoms with Crippen molar-refractivity contribution in [2.24, 2.45) is 0 Å². The summed E-state index contributed by atoms with van der Waals surface area (Å²) in [7, 11) is 1.57. The van der Waals surface area contributed by atoms with Crippen molar-refractivity contribution in [3.63, 3.8) is 0 Å². The van der Waals surface area contributed by atoms with Crippen LogP contribution in [-0.4, -0.2) is 67.6 Å². The quantitative estimate of drug-likeness (QED) is 0.214. The van der Waals surface area contributed by atoms with E-state index in [0.29, 0.717) is 46.6 Å². The van der Waals surface area contributed by atoms with Crippen molar-refractivity contribution in [3.8, 4) is 5.75 Å². The third-order valence-corrected chi connectivity index (χ3v) is 8.24. The first kappa shape index (κ1) is 33.6. The summed E-state index contributed by atoms with van der Waals surface area (Å²) < 4.78 is 11.8. The van der Waals surface area contributed by atoms with Crippen molar-refractivity contribution in [3.05, 3.63) is 87.7 Å². The van der Waals surface area contributed by atoms with Crippen LogP contribution in [0.5, 0.6) is 5.75 Å². The first-order valence-electron chi connectivity index (χ1n) is 14.9. The van der Waals surface area contributed by atoms with Gasteiger partial charge < -0.3 is 29.9 Å². The third-order valence-electron chi connectivity index (χ3n) is 7.47. The summed E-state index contributed by atoms with van der Waals surface area (Å²) in [6.07, 6.45) is 4.35. The minimum absolute atomic E-state index is 0.0390. The maximum absolute atomic E-state index is 13.0. The Morgan fingerprint density at radius 1 is 1.11 bits per heavy atom. The van der Waals surface area contributed by atoms with Gasteiger partial charge in [-0.15, -0.1) is 0 Å². The van der Waals surface area contributed by atoms with Crippen molar-refractivity contribution in [2.75, 3.05) is 55.0 Å². The van der Waals surface area contributed by atoms with Crippen LogP contribution in [0, 0.1) is 6.92 Å². The molecule has 0 spiro atoms. The molecule has 1 aliphatic rings. The second kappa shape index (κ2) is 15.3. The number of pyridine rings is 2. The van der Waals surface area contributed by atoms with E-state index in [9.17, 15) is 14.4 Å². The molecule has 0 bridgehead atoms. The SMILES string of the molecule is CC(=O)Nc1ccc(C=CC(=O)NCC(=O)N(C)c2ccc(Cl)c(COc3cccc4c(N5CCOCC5)cc(C)nc34)c2Cl)cn1. The molecule has 1 fully saturated rings. The number of hydrogen-bond donors (Lipinski definition) is 2. The molecule has 1 aliphatic heterocycles. The monoisotopic (exact) mass is 676 g/mol. The Labute approximate surface area is 282 Å². The van der Waals surface area contributed by atoms with E-state index in [1.165, 1.54) is 24.1 Å². The second-order valence-corrected chi connectivity index (χ2v) is 11.6. The lowest BCUT2D eigenvalue weighted by Gasteiger charge is -2.30. The molecule has 2 N–H and O–H groups in total. The Balaban J connectivity index is 1.24. The van der Waals surface area contributed by atoms with Gasteiger partial charge in [0.25, 0.3) is 0 Å². The molecule has 11 nitrogen and oxygen atoms in total. The molecule has 2 aromatic carbocycles. The highest BCUT2D eigenvalue weighted by molar-refractivity contribution is 6.38. The van der Waals surface area contributed by atoms with Gasteiger partial charge >= 0.3 is 0 Å². The number of nitrogens with one attached hydrogen (secondary N) is 2. The van der Waals surface area contributed by atoms with E-state index in [4.69, 9.17) is 37.7 Å². The molecule has 3 amide bonds. The number of rotatable bonds is 10. The fourth-order valence-corrected chi connectivity index (χ4v) is 5.65. The predicted molar refractivity (Wildman–Crippen MR) is 184 cm³/mol. The lowest BCUT2D eigenvalue weighted by atomic mass is 10.1. The van der Waals surface area contributed by atoms with Crippen LogP contribution in [0.1, 0.15) is 23.7 Å². The van der Waals surface area contributed by atoms with Crippen LogP contribution >= 0.6 is 23.2 Å². The molecule has 1 saturated heterocycles. The number of hydrogen-bond acceptors (Lipinski definition) is 8. The van der Waals surface area contributed by atoms with Gasteiger partial charge in [0.1, 0.15) is 23.7 Å². The Kier molecular flexibility index (Phi) is 10.9. The van der Waals surface area contributed by atoms with Crippen LogP contribution in [0.25, 0.3) is 17.0 Å². The average Bonchev–Trinajstić information content (AvgIpc) is 3.06. The number of anilines is 3. The van der Waals surface area contributed by atoms with E-state index in [0.717, 1.165) is 35.4 Å². The maximum Gasteiger partial charge on any atom is 0.246 e. The number of likely N-dealkylation sites (N-methyl/N-ethyl adjacent to an activating group) is 1. The number of aryl methyl sites for hydroxylation is 1. The molecule has 0 radical (unpaired) electrons. The summed E-state index contributed by atoms with van der Waals surface area (Å²) in [4.78, 5) is 49.1. The highest BCUT2D eigenvalue weighted by atomic mass is 35.5. The van der Waals surface area contributed by atoms with E-state index in [1.54, 1.807) is 37.4 Å². The smallest absolute Gasteiger partial charge is 0.246 e. The normalized spacial score (nSPS) is 13.1. The predicted octanol–water partition coefficient (Wildman–Crippen LogP) is 5.41. The number of benzene rings is 2. The number of aromatic nitrogens is 2. The van der Waals surface area contributed by atoms with E-state index in [2.05, 4.69) is 26.6 Å². The van der Waals surface area contributed by atoms with Crippen LogP contribution < -0.4 is 25.2 Å². The fourth-order valence-electron chi connectivity index (χ4n) is 5.04. The number of ether oxygens (including phenoxy) is 2. The van der Waals surface area contributed by atoms with Crippen molar-refractivity contribution in [1.29, 1.82) is 0 Å². The van der Waals surface area contributed by atoms with Crippen molar-refractivity contribution >= 4 is 75.1 Å². The van der Waals surface area contributed by atoms with Gasteiger partial charge in [0.2, 0.25) is 17.7 Å². The number of halogens is 2. The fraction of sp³-hybridized carbons (Fsp3) is 0.265. The van der Waals surface area contributed by atoms with Crippen LogP contribution in [0.4, 0.5) is 17.2 Å². The van der Waals surface area contributed by atoms with E-state index in [-0.39, 0.29) is 24.1 Å². The molecule has 0 unspecified atom stereocenters. The molecule has 0 atom stereocenters. The zero-order valence-corrected chi connectivity index (χ0v) is 27.7. The Morgan fingerprint density at radius 3 is 2.62 bits per heavy atom. The van der Waals surface area contributed by atoms with Gasteiger partial charge in [-0.3, -0.25) is 14.4 Å². The Hall–Kier alpha value is -4.71. The van der Waals surface area contributed by atoms with Gasteiger partial charge in [-0.2, -0.15) is 0 Å². The summed E-state index contributed by atoms with van der Waals surface area (Å²) in [5.41, 5.74) is 4.24. The maximum atomic E-state index is 13.0. The number of fused-ring (bicyclic) bond motifs is 1. The molecule has 0 aliphatic carbocycles. The summed E-state index contributed by atoms with van der Waals surface area (Å²) in [6.45, 7) is 6.04. The number of amides is 3. The number of nitrogens with zero attached hydrogens (tertiary/aromatic N) is 4. The highest BCUT2D eigenvalue weighted by Crippen LogP contribution is 2.37. The van der Waals surface area contributed by atoms with Gasteiger partial charge in [0.05, 0.1) is 30.5 Å². The average molecular weight is 678 g/mol. The Bertz CT molecular complexity index is 1830. The molecule has 5 rings (SSSR count). The molecule has 4 aromatic rings. The van der Waals surface area contributed by atoms with Crippen molar-refractivity contribution in [2.45, 2.75) is 20.5 Å². The molecule has 13 heteroatoms. The largest absolute Gasteiger partial charge is 0.487 e. The van der Waals surface area contributed by atoms with Gasteiger partial charge in [-0.1, -0.05) is 35.3 Å². The molecule has 47 heavy (non-hydrogen) atoms. The zero-order chi connectivity index (χ0) is 33.5. The second-order valence-electron chi connectivity index (χ2n) is 10.8. The number of carbonyl (C=O) groups excluding carboxylic acids is 3. The molecule has 2 aromatic heterocycles. The summed E-state index contributed by atoms with van der Waals surface area (Å²) in [5, 5.41) is 6.76. The minimum Gasteiger partial charge on any atom is -0.487 e. The molecular weight excluding hydrogens is 643 g/mol. The van der Waals surface area contributed by atoms with E-state index < -0.39 is 11.8 Å². The van der Waals surface area contributed by atoms with Crippen molar-refractivity contribution < 1.29 is 23.9 Å². The van der Waals surface area contributed by atoms with E-state index >= 15 is 0 Å². The van der Waals surface area contributed by atoms with Gasteiger partial charge in [0, 0.05) is 66.7 Å². The zero-order valence-electron chi connectivity index (χ0n) is 26.2. The summed E-state index contributed by atoms with van der Waals surface area (Å²) in [6, 6.07) is 14.5. The van der Waals surface area contributed by atoms with Crippen LogP contribution in [0.2, 0.25) is 10.0 Å². The van der Waals surface area contributed by atoms with Crippen LogP contribution in [0.15, 0.2) is 60.8 Å². The van der Waals surface area contributed by atoms with Crippen LogP contribution in [0.3, 0.4) is 0 Å². The topological polar surface area (TPSA) is 126 Å². The molecule has 3 heterocycles. The third kappa shape index (κ3) is 8.37. The first-order valence-corrected chi connectivity index (χ1v) is 15.6. The number of para-hydroxylation sites is 1. The lowest BCUT2D eigenvalue weighted by molar-refractivity contribution is -0.122. The number of morpholine rings is 1. The standard InChI is InChI=1S/C34H34Cl2N6O5/c1-21-17-28(42-13-15-46-16-14-42)24-5-4-6-29(34(24)39-21)47-20-25-26(35)9-10-27(33(25)36)41(3)32(45)19-38-31(44)12-8-23-7-11-30(37-18-23)40-22(2)43/h4-12,17-18H,13-16,19-20H2,1-3H3,(H,38,44)(H,37,40,43). The van der Waals surface area contributed by atoms with E-state index in [1.807, 2.05) is 25.1 Å². The first-order chi connectivity index (χ1) is 22.6. The van der Waals surface area contributed by atoms with Gasteiger partial charge in [-0.25, -0.2) is 9.97 Å². The summed E-state index contributed by atoms with van der Waals surface area (Å²) >= 11 is 13.3. The molecule has 0 saturated carbocycles. The van der Waals surface area contributed by atoms with Crippen LogP contribution in [-0.2, 0) is 25.7 Å². The lowest BCUT2D eigenvalue weighted by Crippen LogP contribution is -2.37. The molecular formula is C34H34Cl2N6O5. The highest BCUT2D eigenvalue weighted by Gasteiger charge is 2.21. The Morgan fingerprint density at radius 2 is 1.89 bits per heavy atom. The van der Waals surface area contributed by atoms with Gasteiger partial charge in [-0.05, 0) is 55.0 Å². The molecule has 244 valence electrons.